The molecule has 0 aromatic heterocycles. The third-order valence-electron chi connectivity index (χ3n) is 2.02. The van der Waals surface area contributed by atoms with Gasteiger partial charge in [0.05, 0.1) is 6.33 Å². The van der Waals surface area contributed by atoms with Gasteiger partial charge in [0, 0.05) is 13.0 Å². The zero-order valence-corrected chi connectivity index (χ0v) is 9.01. The first-order valence-electron chi connectivity index (χ1n) is 4.45. The zero-order valence-electron chi connectivity index (χ0n) is 8.20. The predicted molar refractivity (Wildman–Crippen MR) is 60.4 cm³/mol. The maximum absolute atomic E-state index is 13.5. The van der Waals surface area contributed by atoms with Crippen LogP contribution >= 0.6 is 12.4 Å². The van der Waals surface area contributed by atoms with Crippen LogP contribution in [0.3, 0.4) is 0 Å². The Morgan fingerprint density at radius 2 is 1.93 bits per heavy atom. The van der Waals surface area contributed by atoms with Crippen molar-refractivity contribution >= 4 is 12.4 Å². The van der Waals surface area contributed by atoms with Gasteiger partial charge in [-0.1, -0.05) is 30.3 Å². The average molecular weight is 234 g/mol. The number of hydrogen-bond donors (Lipinski definition) is 1. The van der Waals surface area contributed by atoms with Crippen LogP contribution in [0.2, 0.25) is 0 Å². The Kier molecular flexibility index (Phi) is 6.92. The summed E-state index contributed by atoms with van der Waals surface area (Å²) in [6, 6.07) is 8.67. The standard InChI is InChI=1S/C11H13F2N.ClH/c12-7-9(8-14)6-11(13)10-4-2-1-3-5-10;/h1-5,7,11H,6,8,14H2;1H. The van der Waals surface area contributed by atoms with Crippen molar-refractivity contribution in [2.45, 2.75) is 12.6 Å². The monoisotopic (exact) mass is 233 g/mol. The third kappa shape index (κ3) is 4.40. The number of alkyl halides is 1. The zero-order chi connectivity index (χ0) is 10.4. The van der Waals surface area contributed by atoms with Gasteiger partial charge >= 0.3 is 0 Å². The van der Waals surface area contributed by atoms with Crippen LogP contribution in [-0.4, -0.2) is 6.54 Å². The summed E-state index contributed by atoms with van der Waals surface area (Å²) in [5.41, 5.74) is 6.08. The Labute approximate surface area is 94.4 Å². The molecule has 1 nitrogen and oxygen atoms in total. The average Bonchev–Trinajstić information content (AvgIpc) is 2.26. The fraction of sp³-hybridized carbons (Fsp3) is 0.273. The highest BCUT2D eigenvalue weighted by molar-refractivity contribution is 5.85. The van der Waals surface area contributed by atoms with Crippen LogP contribution in [-0.2, 0) is 0 Å². The molecule has 0 radical (unpaired) electrons. The van der Waals surface area contributed by atoms with Crippen LogP contribution in [0.4, 0.5) is 8.78 Å². The molecule has 1 atom stereocenters. The van der Waals surface area contributed by atoms with Crippen LogP contribution in [0.15, 0.2) is 42.2 Å². The topological polar surface area (TPSA) is 26.0 Å². The van der Waals surface area contributed by atoms with Crippen molar-refractivity contribution < 1.29 is 8.78 Å². The maximum Gasteiger partial charge on any atom is 0.129 e. The van der Waals surface area contributed by atoms with Crippen LogP contribution < -0.4 is 5.73 Å². The van der Waals surface area contributed by atoms with Crippen LogP contribution in [0, 0.1) is 0 Å². The molecule has 0 aliphatic rings. The first-order valence-corrected chi connectivity index (χ1v) is 4.45. The molecule has 0 saturated carbocycles. The smallest absolute Gasteiger partial charge is 0.129 e. The van der Waals surface area contributed by atoms with Crippen LogP contribution in [0.1, 0.15) is 18.2 Å². The summed E-state index contributed by atoms with van der Waals surface area (Å²) in [6.07, 6.45) is -0.770. The SMILES string of the molecule is Cl.NCC(=CF)CC(F)c1ccccc1. The lowest BCUT2D eigenvalue weighted by atomic mass is 10.0. The second-order valence-corrected chi connectivity index (χ2v) is 3.05. The fourth-order valence-corrected chi connectivity index (χ4v) is 1.18. The van der Waals surface area contributed by atoms with E-state index in [-0.39, 0.29) is 25.4 Å². The Hall–Kier alpha value is -0.930. The van der Waals surface area contributed by atoms with Gasteiger partial charge < -0.3 is 5.73 Å². The van der Waals surface area contributed by atoms with E-state index in [0.717, 1.165) is 0 Å². The molecule has 1 rings (SSSR count). The first-order chi connectivity index (χ1) is 6.77. The molecule has 4 heteroatoms. The molecule has 1 aromatic carbocycles. The lowest BCUT2D eigenvalue weighted by Gasteiger charge is -2.08. The van der Waals surface area contributed by atoms with E-state index in [9.17, 15) is 8.78 Å². The maximum atomic E-state index is 13.5. The van der Waals surface area contributed by atoms with Crippen LogP contribution in [0.25, 0.3) is 0 Å². The van der Waals surface area contributed by atoms with Gasteiger partial charge in [-0.15, -0.1) is 12.4 Å². The lowest BCUT2D eigenvalue weighted by molar-refractivity contribution is 0.339. The van der Waals surface area contributed by atoms with Crippen molar-refractivity contribution in [3.8, 4) is 0 Å². The molecule has 0 saturated heterocycles. The van der Waals surface area contributed by atoms with E-state index in [1.54, 1.807) is 24.3 Å². The molecule has 0 fully saturated rings. The molecule has 84 valence electrons. The number of benzene rings is 1. The van der Waals surface area contributed by atoms with Crippen molar-refractivity contribution in [1.29, 1.82) is 0 Å². The second kappa shape index (κ2) is 7.37. The molecule has 0 spiro atoms. The number of hydrogen-bond acceptors (Lipinski definition) is 1. The molecule has 15 heavy (non-hydrogen) atoms. The largest absolute Gasteiger partial charge is 0.327 e. The summed E-state index contributed by atoms with van der Waals surface area (Å²) in [5.74, 6) is 0. The molecule has 2 N–H and O–H groups in total. The molecule has 0 aliphatic heterocycles. The Bertz CT molecular complexity index is 301. The molecular weight excluding hydrogens is 220 g/mol. The summed E-state index contributed by atoms with van der Waals surface area (Å²) in [4.78, 5) is 0. The van der Waals surface area contributed by atoms with Crippen molar-refractivity contribution in [3.05, 3.63) is 47.8 Å². The number of halogens is 3. The van der Waals surface area contributed by atoms with Gasteiger partial charge in [-0.25, -0.2) is 8.78 Å². The molecule has 0 bridgehead atoms. The Morgan fingerprint density at radius 3 is 2.40 bits per heavy atom. The van der Waals surface area contributed by atoms with E-state index in [2.05, 4.69) is 0 Å². The minimum absolute atomic E-state index is 0. The van der Waals surface area contributed by atoms with Gasteiger partial charge in [0.15, 0.2) is 0 Å². The van der Waals surface area contributed by atoms with Gasteiger partial charge in [-0.05, 0) is 11.1 Å². The summed E-state index contributed by atoms with van der Waals surface area (Å²) in [5, 5.41) is 0. The normalized spacial score (nSPS) is 13.1. The Balaban J connectivity index is 0.00000196. The minimum Gasteiger partial charge on any atom is -0.327 e. The van der Waals surface area contributed by atoms with Gasteiger partial charge in [-0.3, -0.25) is 0 Å². The van der Waals surface area contributed by atoms with E-state index in [1.807, 2.05) is 6.07 Å². The van der Waals surface area contributed by atoms with Gasteiger partial charge in [-0.2, -0.15) is 0 Å². The van der Waals surface area contributed by atoms with Gasteiger partial charge in [0.1, 0.15) is 6.17 Å². The summed E-state index contributed by atoms with van der Waals surface area (Å²) >= 11 is 0. The summed E-state index contributed by atoms with van der Waals surface area (Å²) in [7, 11) is 0. The van der Waals surface area contributed by atoms with Crippen molar-refractivity contribution in [3.63, 3.8) is 0 Å². The van der Waals surface area contributed by atoms with E-state index in [0.29, 0.717) is 17.5 Å². The molecule has 0 heterocycles. The molecule has 0 aliphatic carbocycles. The summed E-state index contributed by atoms with van der Waals surface area (Å²) in [6.45, 7) is 0.0593. The quantitative estimate of drug-likeness (QED) is 0.848. The van der Waals surface area contributed by atoms with Gasteiger partial charge in [0.25, 0.3) is 0 Å². The van der Waals surface area contributed by atoms with Crippen molar-refractivity contribution in [1.82, 2.24) is 0 Å². The van der Waals surface area contributed by atoms with Crippen molar-refractivity contribution in [2.24, 2.45) is 5.73 Å². The van der Waals surface area contributed by atoms with E-state index in [1.165, 1.54) is 0 Å². The molecular formula is C11H14ClF2N. The fourth-order valence-electron chi connectivity index (χ4n) is 1.18. The highest BCUT2D eigenvalue weighted by atomic mass is 35.5. The van der Waals surface area contributed by atoms with Gasteiger partial charge in [0.2, 0.25) is 0 Å². The Morgan fingerprint density at radius 1 is 1.33 bits per heavy atom. The van der Waals surface area contributed by atoms with E-state index < -0.39 is 6.17 Å². The van der Waals surface area contributed by atoms with E-state index >= 15 is 0 Å². The third-order valence-corrected chi connectivity index (χ3v) is 2.02. The molecule has 0 amide bonds. The minimum atomic E-state index is -1.18. The second-order valence-electron chi connectivity index (χ2n) is 3.05. The highest BCUT2D eigenvalue weighted by Crippen LogP contribution is 2.24. The number of nitrogens with two attached hydrogens (primary N) is 1. The first kappa shape index (κ1) is 14.1. The van der Waals surface area contributed by atoms with Crippen molar-refractivity contribution in [2.75, 3.05) is 6.54 Å². The predicted octanol–water partition coefficient (Wildman–Crippen LogP) is 3.32. The summed E-state index contributed by atoms with van der Waals surface area (Å²) < 4.78 is 25.6. The number of rotatable bonds is 4. The molecule has 1 unspecified atom stereocenters. The molecule has 1 aromatic rings. The highest BCUT2D eigenvalue weighted by Gasteiger charge is 2.10. The van der Waals surface area contributed by atoms with E-state index in [4.69, 9.17) is 5.73 Å². The van der Waals surface area contributed by atoms with Crippen LogP contribution in [0.5, 0.6) is 0 Å². The lowest BCUT2D eigenvalue weighted by Crippen LogP contribution is -2.05.